The van der Waals surface area contributed by atoms with Crippen molar-refractivity contribution in [2.75, 3.05) is 7.11 Å². The Kier molecular flexibility index (Phi) is 6.97. The van der Waals surface area contributed by atoms with Gasteiger partial charge in [-0.1, -0.05) is 12.2 Å². The normalized spacial score (nSPS) is 13.0. The van der Waals surface area contributed by atoms with Gasteiger partial charge in [-0.2, -0.15) is 0 Å². The van der Waals surface area contributed by atoms with Crippen LogP contribution in [0.3, 0.4) is 0 Å². The molecule has 4 nitrogen and oxygen atoms in total. The minimum absolute atomic E-state index is 0.326. The van der Waals surface area contributed by atoms with Crippen molar-refractivity contribution in [1.82, 2.24) is 0 Å². The van der Waals surface area contributed by atoms with Crippen LogP contribution in [0.25, 0.3) is 0 Å². The first kappa shape index (κ1) is 13.4. The van der Waals surface area contributed by atoms with E-state index in [1.807, 2.05) is 6.92 Å². The van der Waals surface area contributed by atoms with Crippen LogP contribution in [-0.4, -0.2) is 25.2 Å². The van der Waals surface area contributed by atoms with Crippen LogP contribution in [0.15, 0.2) is 24.3 Å². The maximum absolute atomic E-state index is 10.7. The Hall–Kier alpha value is -1.58. The number of ether oxygens (including phenoxy) is 2. The smallest absolute Gasteiger partial charge is 0.330 e. The summed E-state index contributed by atoms with van der Waals surface area (Å²) in [6.45, 7) is 3.18. The third kappa shape index (κ3) is 7.49. The fourth-order valence-electron chi connectivity index (χ4n) is 0.960. The lowest BCUT2D eigenvalue weighted by atomic mass is 10.2. The zero-order valence-electron chi connectivity index (χ0n) is 9.23. The number of esters is 2. The highest BCUT2D eigenvalue weighted by Crippen LogP contribution is 2.02. The monoisotopic (exact) mass is 212 g/mol. The van der Waals surface area contributed by atoms with Crippen LogP contribution in [0, 0.1) is 0 Å². The average Bonchev–Trinajstić information content (AvgIpc) is 2.16. The molecule has 0 aromatic rings. The van der Waals surface area contributed by atoms with E-state index in [4.69, 9.17) is 4.74 Å². The van der Waals surface area contributed by atoms with E-state index in [0.29, 0.717) is 6.42 Å². The average molecular weight is 212 g/mol. The van der Waals surface area contributed by atoms with Crippen LogP contribution in [0.4, 0.5) is 0 Å². The van der Waals surface area contributed by atoms with Crippen LogP contribution >= 0.6 is 0 Å². The number of methoxy groups -OCH3 is 1. The van der Waals surface area contributed by atoms with Crippen LogP contribution in [0.1, 0.15) is 20.3 Å². The molecule has 0 aliphatic carbocycles. The Morgan fingerprint density at radius 1 is 1.40 bits per heavy atom. The first-order valence-electron chi connectivity index (χ1n) is 4.64. The summed E-state index contributed by atoms with van der Waals surface area (Å²) < 4.78 is 9.40. The van der Waals surface area contributed by atoms with E-state index in [1.165, 1.54) is 20.1 Å². The molecule has 0 aliphatic heterocycles. The Morgan fingerprint density at radius 3 is 2.53 bits per heavy atom. The van der Waals surface area contributed by atoms with Gasteiger partial charge in [-0.3, -0.25) is 4.79 Å². The maximum Gasteiger partial charge on any atom is 0.330 e. The highest BCUT2D eigenvalue weighted by atomic mass is 16.5. The summed E-state index contributed by atoms with van der Waals surface area (Å²) in [7, 11) is 1.31. The van der Waals surface area contributed by atoms with E-state index in [0.717, 1.165) is 0 Å². The van der Waals surface area contributed by atoms with E-state index in [2.05, 4.69) is 4.74 Å². The molecule has 0 radical (unpaired) electrons. The second kappa shape index (κ2) is 7.79. The van der Waals surface area contributed by atoms with Crippen molar-refractivity contribution in [2.45, 2.75) is 26.4 Å². The molecule has 4 heteroatoms. The van der Waals surface area contributed by atoms with Crippen molar-refractivity contribution in [3.63, 3.8) is 0 Å². The van der Waals surface area contributed by atoms with Gasteiger partial charge in [0.1, 0.15) is 6.10 Å². The topological polar surface area (TPSA) is 52.6 Å². The van der Waals surface area contributed by atoms with Crippen molar-refractivity contribution in [3.05, 3.63) is 24.3 Å². The van der Waals surface area contributed by atoms with Gasteiger partial charge >= 0.3 is 11.9 Å². The molecule has 0 fully saturated rings. The minimum Gasteiger partial charge on any atom is -0.466 e. The van der Waals surface area contributed by atoms with Gasteiger partial charge in [-0.05, 0) is 13.0 Å². The van der Waals surface area contributed by atoms with Gasteiger partial charge < -0.3 is 9.47 Å². The van der Waals surface area contributed by atoms with Crippen LogP contribution < -0.4 is 0 Å². The molecule has 0 saturated heterocycles. The SMILES string of the molecule is C/C=C/C(C/C=C/C(=O)OC)OC(C)=O. The third-order valence-corrected chi connectivity index (χ3v) is 1.55. The molecular formula is C11H16O4. The Bertz CT molecular complexity index is 266. The Labute approximate surface area is 89.6 Å². The van der Waals surface area contributed by atoms with E-state index >= 15 is 0 Å². The van der Waals surface area contributed by atoms with Crippen molar-refractivity contribution < 1.29 is 19.1 Å². The van der Waals surface area contributed by atoms with Crippen LogP contribution in [-0.2, 0) is 19.1 Å². The molecule has 0 rings (SSSR count). The first-order valence-corrected chi connectivity index (χ1v) is 4.64. The molecule has 0 aliphatic rings. The van der Waals surface area contributed by atoms with E-state index in [-0.39, 0.29) is 12.1 Å². The van der Waals surface area contributed by atoms with E-state index < -0.39 is 5.97 Å². The molecule has 0 aromatic carbocycles. The minimum atomic E-state index is -0.419. The lowest BCUT2D eigenvalue weighted by molar-refractivity contribution is -0.144. The molecule has 1 atom stereocenters. The fourth-order valence-corrected chi connectivity index (χ4v) is 0.960. The van der Waals surface area contributed by atoms with E-state index in [1.54, 1.807) is 18.2 Å². The number of hydrogen-bond acceptors (Lipinski definition) is 4. The molecule has 15 heavy (non-hydrogen) atoms. The van der Waals surface area contributed by atoms with Gasteiger partial charge in [0.05, 0.1) is 7.11 Å². The summed E-state index contributed by atoms with van der Waals surface area (Å²) in [5.74, 6) is -0.762. The largest absolute Gasteiger partial charge is 0.466 e. The predicted octanol–water partition coefficient (Wildman–Crippen LogP) is 1.61. The zero-order chi connectivity index (χ0) is 11.7. The Morgan fingerprint density at radius 2 is 2.07 bits per heavy atom. The zero-order valence-corrected chi connectivity index (χ0v) is 9.23. The molecule has 84 valence electrons. The molecule has 0 spiro atoms. The first-order chi connectivity index (χ1) is 7.10. The number of allylic oxidation sites excluding steroid dienone is 1. The summed E-state index contributed by atoms with van der Waals surface area (Å²) in [5.41, 5.74) is 0. The van der Waals surface area contributed by atoms with Crippen LogP contribution in [0.5, 0.6) is 0 Å². The van der Waals surface area contributed by atoms with Gasteiger partial charge in [0, 0.05) is 19.4 Å². The van der Waals surface area contributed by atoms with Crippen molar-refractivity contribution in [2.24, 2.45) is 0 Å². The maximum atomic E-state index is 10.7. The molecule has 0 heterocycles. The molecule has 0 aromatic heterocycles. The summed E-state index contributed by atoms with van der Waals surface area (Å²) in [6, 6.07) is 0. The van der Waals surface area contributed by atoms with Gasteiger partial charge in [0.2, 0.25) is 0 Å². The van der Waals surface area contributed by atoms with Gasteiger partial charge in [-0.15, -0.1) is 0 Å². The molecule has 0 amide bonds. The third-order valence-electron chi connectivity index (χ3n) is 1.55. The predicted molar refractivity (Wildman–Crippen MR) is 56.1 cm³/mol. The summed E-state index contributed by atoms with van der Waals surface area (Å²) in [6.07, 6.45) is 6.59. The number of rotatable bonds is 5. The quantitative estimate of drug-likeness (QED) is 0.394. The number of hydrogen-bond donors (Lipinski definition) is 0. The number of carbonyl (C=O) groups excluding carboxylic acids is 2. The van der Waals surface area contributed by atoms with Gasteiger partial charge in [0.25, 0.3) is 0 Å². The van der Waals surface area contributed by atoms with E-state index in [9.17, 15) is 9.59 Å². The highest BCUT2D eigenvalue weighted by Gasteiger charge is 2.05. The van der Waals surface area contributed by atoms with Gasteiger partial charge in [-0.25, -0.2) is 4.79 Å². The number of carbonyl (C=O) groups is 2. The lowest BCUT2D eigenvalue weighted by Crippen LogP contribution is -2.12. The lowest BCUT2D eigenvalue weighted by Gasteiger charge is -2.09. The molecule has 1 unspecified atom stereocenters. The summed E-state index contributed by atoms with van der Waals surface area (Å²) >= 11 is 0. The van der Waals surface area contributed by atoms with Crippen LogP contribution in [0.2, 0.25) is 0 Å². The fraction of sp³-hybridized carbons (Fsp3) is 0.455. The highest BCUT2D eigenvalue weighted by molar-refractivity contribution is 5.81. The molecule has 0 saturated carbocycles. The van der Waals surface area contributed by atoms with Crippen molar-refractivity contribution in [3.8, 4) is 0 Å². The van der Waals surface area contributed by atoms with Crippen molar-refractivity contribution >= 4 is 11.9 Å². The standard InChI is InChI=1S/C11H16O4/c1-4-6-10(15-9(2)12)7-5-8-11(13)14-3/h4-6,8,10H,7H2,1-3H3/b6-4+,8-5+. The molecule has 0 N–H and O–H groups in total. The van der Waals surface area contributed by atoms with Crippen molar-refractivity contribution in [1.29, 1.82) is 0 Å². The molecule has 0 bridgehead atoms. The summed E-state index contributed by atoms with van der Waals surface area (Å²) in [4.78, 5) is 21.4. The summed E-state index contributed by atoms with van der Waals surface area (Å²) in [5, 5.41) is 0. The van der Waals surface area contributed by atoms with Gasteiger partial charge in [0.15, 0.2) is 0 Å². The second-order valence-electron chi connectivity index (χ2n) is 2.83. The molecular weight excluding hydrogens is 196 g/mol. The second-order valence-corrected chi connectivity index (χ2v) is 2.83. The Balaban J connectivity index is 4.11.